The standard InChI is InChI=1S/C21H19Cl2FN4O3/c1-2-30-7-8-31-19-11-17-14(10-18(19)28-20(29)5-6-22)21(26-12-25-17)27-13-3-4-16(24)15(23)9-13/h3-6,9-12H,2,7-8H2,1H3,(H,28,29)(H,25,26,27)/b6-5+. The Labute approximate surface area is 188 Å². The molecule has 0 bridgehead atoms. The smallest absolute Gasteiger partial charge is 0.249 e. The third kappa shape index (κ3) is 6.04. The minimum atomic E-state index is -0.522. The summed E-state index contributed by atoms with van der Waals surface area (Å²) in [5.74, 6) is -0.0958. The number of fused-ring (bicyclic) bond motifs is 1. The Morgan fingerprint density at radius 1 is 1.23 bits per heavy atom. The van der Waals surface area contributed by atoms with Gasteiger partial charge in [0.15, 0.2) is 0 Å². The van der Waals surface area contributed by atoms with E-state index in [1.54, 1.807) is 12.1 Å². The Morgan fingerprint density at radius 3 is 2.81 bits per heavy atom. The Hall–Kier alpha value is -2.94. The number of rotatable bonds is 9. The minimum absolute atomic E-state index is 0.0193. The molecule has 0 saturated heterocycles. The fraction of sp³-hybridized carbons (Fsp3) is 0.190. The summed E-state index contributed by atoms with van der Waals surface area (Å²) in [5.41, 5.74) is 2.63. The first kappa shape index (κ1) is 22.7. The first-order chi connectivity index (χ1) is 15.0. The van der Waals surface area contributed by atoms with Gasteiger partial charge in [-0.05, 0) is 31.2 Å². The summed E-state index contributed by atoms with van der Waals surface area (Å²) in [4.78, 5) is 20.6. The van der Waals surface area contributed by atoms with Crippen LogP contribution in [-0.4, -0.2) is 35.7 Å². The highest BCUT2D eigenvalue weighted by atomic mass is 35.5. The predicted octanol–water partition coefficient (Wildman–Crippen LogP) is 5.27. The maximum absolute atomic E-state index is 13.5. The van der Waals surface area contributed by atoms with Crippen molar-refractivity contribution >= 4 is 57.2 Å². The Balaban J connectivity index is 1.98. The first-order valence-electron chi connectivity index (χ1n) is 9.31. The van der Waals surface area contributed by atoms with E-state index in [-0.39, 0.29) is 11.6 Å². The van der Waals surface area contributed by atoms with Crippen molar-refractivity contribution in [3.63, 3.8) is 0 Å². The topological polar surface area (TPSA) is 85.4 Å². The monoisotopic (exact) mass is 464 g/mol. The van der Waals surface area contributed by atoms with Crippen molar-refractivity contribution in [3.8, 4) is 5.75 Å². The van der Waals surface area contributed by atoms with E-state index in [2.05, 4.69) is 20.6 Å². The van der Waals surface area contributed by atoms with E-state index in [1.165, 1.54) is 30.6 Å². The third-order valence-electron chi connectivity index (χ3n) is 4.08. The van der Waals surface area contributed by atoms with E-state index in [0.29, 0.717) is 47.1 Å². The second kappa shape index (κ2) is 10.9. The molecule has 0 aliphatic heterocycles. The molecule has 0 aliphatic carbocycles. The zero-order valence-electron chi connectivity index (χ0n) is 16.5. The molecule has 0 aliphatic rings. The van der Waals surface area contributed by atoms with Crippen molar-refractivity contribution in [1.82, 2.24) is 9.97 Å². The number of ether oxygens (including phenoxy) is 2. The van der Waals surface area contributed by atoms with Crippen LogP contribution in [0.5, 0.6) is 5.75 Å². The molecule has 7 nitrogen and oxygen atoms in total. The number of hydrogen-bond acceptors (Lipinski definition) is 6. The van der Waals surface area contributed by atoms with E-state index >= 15 is 0 Å². The maximum Gasteiger partial charge on any atom is 0.249 e. The fourth-order valence-electron chi connectivity index (χ4n) is 2.70. The van der Waals surface area contributed by atoms with Gasteiger partial charge in [0.2, 0.25) is 5.91 Å². The molecule has 31 heavy (non-hydrogen) atoms. The summed E-state index contributed by atoms with van der Waals surface area (Å²) in [6, 6.07) is 7.60. The minimum Gasteiger partial charge on any atom is -0.489 e. The summed E-state index contributed by atoms with van der Waals surface area (Å²) in [5, 5.41) is 6.39. The van der Waals surface area contributed by atoms with Crippen molar-refractivity contribution < 1.29 is 18.7 Å². The first-order valence-corrected chi connectivity index (χ1v) is 10.1. The predicted molar refractivity (Wildman–Crippen MR) is 120 cm³/mol. The lowest BCUT2D eigenvalue weighted by atomic mass is 10.1. The van der Waals surface area contributed by atoms with Gasteiger partial charge < -0.3 is 20.1 Å². The molecule has 1 amide bonds. The Kier molecular flexibility index (Phi) is 8.00. The highest BCUT2D eigenvalue weighted by Gasteiger charge is 2.13. The molecule has 1 aromatic heterocycles. The van der Waals surface area contributed by atoms with E-state index in [1.807, 2.05) is 6.92 Å². The van der Waals surface area contributed by atoms with E-state index in [9.17, 15) is 9.18 Å². The molecule has 10 heteroatoms. The number of amides is 1. The molecular formula is C21H19Cl2FN4O3. The second-order valence-electron chi connectivity index (χ2n) is 6.17. The molecule has 0 unspecified atom stereocenters. The summed E-state index contributed by atoms with van der Waals surface area (Å²) >= 11 is 11.4. The molecule has 0 atom stereocenters. The van der Waals surface area contributed by atoms with Crippen LogP contribution in [0.15, 0.2) is 48.3 Å². The highest BCUT2D eigenvalue weighted by Crippen LogP contribution is 2.34. The lowest BCUT2D eigenvalue weighted by Gasteiger charge is -2.15. The number of halogens is 3. The maximum atomic E-state index is 13.5. The van der Waals surface area contributed by atoms with Gasteiger partial charge >= 0.3 is 0 Å². The van der Waals surface area contributed by atoms with Gasteiger partial charge in [0.25, 0.3) is 0 Å². The normalized spacial score (nSPS) is 11.1. The molecular weight excluding hydrogens is 446 g/mol. The van der Waals surface area contributed by atoms with Crippen molar-refractivity contribution in [2.75, 3.05) is 30.5 Å². The number of anilines is 3. The summed E-state index contributed by atoms with van der Waals surface area (Å²) in [6.45, 7) is 3.14. The molecule has 0 spiro atoms. The molecule has 3 rings (SSSR count). The number of nitrogens with zero attached hydrogens (tertiary/aromatic N) is 2. The van der Waals surface area contributed by atoms with Gasteiger partial charge in [0, 0.05) is 35.4 Å². The molecule has 2 N–H and O–H groups in total. The molecule has 1 heterocycles. The van der Waals surface area contributed by atoms with Gasteiger partial charge in [-0.25, -0.2) is 14.4 Å². The molecule has 3 aromatic rings. The van der Waals surface area contributed by atoms with Gasteiger partial charge in [-0.3, -0.25) is 4.79 Å². The number of carbonyl (C=O) groups is 1. The molecule has 162 valence electrons. The summed E-state index contributed by atoms with van der Waals surface area (Å²) < 4.78 is 24.5. The number of benzene rings is 2. The van der Waals surface area contributed by atoms with Crippen LogP contribution in [-0.2, 0) is 9.53 Å². The van der Waals surface area contributed by atoms with Gasteiger partial charge in [0.05, 0.1) is 22.8 Å². The fourth-order valence-corrected chi connectivity index (χ4v) is 2.99. The van der Waals surface area contributed by atoms with Crippen LogP contribution in [0.3, 0.4) is 0 Å². The van der Waals surface area contributed by atoms with Gasteiger partial charge in [0.1, 0.15) is 30.3 Å². The SMILES string of the molecule is CCOCCOc1cc2ncnc(Nc3ccc(F)c(Cl)c3)c2cc1NC(=O)/C=C/Cl. The van der Waals surface area contributed by atoms with Gasteiger partial charge in [-0.15, -0.1) is 0 Å². The number of hydrogen-bond donors (Lipinski definition) is 2. The summed E-state index contributed by atoms with van der Waals surface area (Å²) in [6.07, 6.45) is 2.56. The van der Waals surface area contributed by atoms with Crippen LogP contribution in [0.25, 0.3) is 10.9 Å². The van der Waals surface area contributed by atoms with E-state index in [0.717, 1.165) is 5.54 Å². The number of carbonyl (C=O) groups excluding carboxylic acids is 1. The second-order valence-corrected chi connectivity index (χ2v) is 6.83. The highest BCUT2D eigenvalue weighted by molar-refractivity contribution is 6.31. The van der Waals surface area contributed by atoms with Crippen LogP contribution >= 0.6 is 23.2 Å². The summed E-state index contributed by atoms with van der Waals surface area (Å²) in [7, 11) is 0. The van der Waals surface area contributed by atoms with Crippen molar-refractivity contribution in [1.29, 1.82) is 0 Å². The van der Waals surface area contributed by atoms with Crippen LogP contribution in [0.1, 0.15) is 6.92 Å². The third-order valence-corrected chi connectivity index (χ3v) is 4.50. The largest absolute Gasteiger partial charge is 0.489 e. The number of aromatic nitrogens is 2. The van der Waals surface area contributed by atoms with Gasteiger partial charge in [-0.1, -0.05) is 23.2 Å². The zero-order chi connectivity index (χ0) is 22.2. The van der Waals surface area contributed by atoms with Gasteiger partial charge in [-0.2, -0.15) is 0 Å². The Bertz CT molecular complexity index is 1110. The average molecular weight is 465 g/mol. The molecule has 0 radical (unpaired) electrons. The van der Waals surface area contributed by atoms with Crippen LogP contribution in [0.4, 0.5) is 21.6 Å². The van der Waals surface area contributed by atoms with Crippen molar-refractivity contribution in [3.05, 3.63) is 59.1 Å². The van der Waals surface area contributed by atoms with Crippen molar-refractivity contribution in [2.45, 2.75) is 6.92 Å². The molecule has 0 saturated carbocycles. The molecule has 2 aromatic carbocycles. The Morgan fingerprint density at radius 2 is 2.06 bits per heavy atom. The molecule has 0 fully saturated rings. The lowest BCUT2D eigenvalue weighted by molar-refractivity contribution is -0.111. The van der Waals surface area contributed by atoms with Crippen molar-refractivity contribution in [2.24, 2.45) is 0 Å². The van der Waals surface area contributed by atoms with Crippen LogP contribution in [0, 0.1) is 5.82 Å². The lowest BCUT2D eigenvalue weighted by Crippen LogP contribution is -2.12. The number of nitrogens with one attached hydrogen (secondary N) is 2. The van der Waals surface area contributed by atoms with Crippen LogP contribution in [0.2, 0.25) is 5.02 Å². The van der Waals surface area contributed by atoms with E-state index in [4.69, 9.17) is 32.7 Å². The quantitative estimate of drug-likeness (QED) is 0.331. The zero-order valence-corrected chi connectivity index (χ0v) is 18.0. The van der Waals surface area contributed by atoms with Crippen LogP contribution < -0.4 is 15.4 Å². The average Bonchev–Trinajstić information content (AvgIpc) is 2.74. The van der Waals surface area contributed by atoms with E-state index < -0.39 is 11.7 Å².